The lowest BCUT2D eigenvalue weighted by Gasteiger charge is -2.31. The summed E-state index contributed by atoms with van der Waals surface area (Å²) in [7, 11) is 1.54. The summed E-state index contributed by atoms with van der Waals surface area (Å²) in [5, 5.41) is -0.128. The monoisotopic (exact) mass is 348 g/mol. The van der Waals surface area contributed by atoms with Crippen molar-refractivity contribution in [2.24, 2.45) is 11.7 Å². The number of nitrogens with two attached hydrogens (primary N) is 1. The van der Waals surface area contributed by atoms with E-state index < -0.39 is 0 Å². The SMILES string of the molecule is COc1cc(/C=C2\SC(=O)CC2=O)nc(N2CCC(CN)CC2)n1. The number of allylic oxidation sites excluding steroid dienone is 1. The average molecular weight is 348 g/mol. The zero-order valence-corrected chi connectivity index (χ0v) is 14.3. The second-order valence-electron chi connectivity index (χ2n) is 5.88. The normalized spacial score (nSPS) is 20.9. The van der Waals surface area contributed by atoms with Gasteiger partial charge in [-0.3, -0.25) is 9.59 Å². The molecule has 2 fully saturated rings. The van der Waals surface area contributed by atoms with Gasteiger partial charge in [-0.2, -0.15) is 4.98 Å². The van der Waals surface area contributed by atoms with Crippen LogP contribution in [0, 0.1) is 5.92 Å². The molecule has 0 aliphatic carbocycles. The van der Waals surface area contributed by atoms with Crippen molar-refractivity contribution < 1.29 is 14.3 Å². The van der Waals surface area contributed by atoms with Crippen molar-refractivity contribution in [1.82, 2.24) is 9.97 Å². The summed E-state index contributed by atoms with van der Waals surface area (Å²) in [6.45, 7) is 2.39. The number of carbonyl (C=O) groups excluding carboxylic acids is 2. The molecule has 0 spiro atoms. The van der Waals surface area contributed by atoms with Gasteiger partial charge in [-0.1, -0.05) is 0 Å². The number of anilines is 1. The third-order valence-corrected chi connectivity index (χ3v) is 5.17. The third kappa shape index (κ3) is 3.76. The molecule has 0 bridgehead atoms. The summed E-state index contributed by atoms with van der Waals surface area (Å²) < 4.78 is 5.26. The largest absolute Gasteiger partial charge is 0.481 e. The van der Waals surface area contributed by atoms with Crippen LogP contribution in [0.3, 0.4) is 0 Å². The lowest BCUT2D eigenvalue weighted by Crippen LogP contribution is -2.37. The molecule has 0 radical (unpaired) electrons. The van der Waals surface area contributed by atoms with Gasteiger partial charge in [0, 0.05) is 19.2 Å². The van der Waals surface area contributed by atoms with E-state index in [1.54, 1.807) is 19.3 Å². The number of ketones is 1. The molecule has 1 aromatic heterocycles. The molecule has 8 heteroatoms. The molecule has 128 valence electrons. The van der Waals surface area contributed by atoms with E-state index in [4.69, 9.17) is 10.5 Å². The van der Waals surface area contributed by atoms with E-state index in [0.717, 1.165) is 37.7 Å². The number of carbonyl (C=O) groups is 2. The van der Waals surface area contributed by atoms with Crippen LogP contribution in [0.25, 0.3) is 6.08 Å². The van der Waals surface area contributed by atoms with Crippen molar-refractivity contribution in [2.45, 2.75) is 19.3 Å². The number of ether oxygens (including phenoxy) is 1. The molecule has 0 amide bonds. The van der Waals surface area contributed by atoms with E-state index in [1.807, 2.05) is 0 Å². The molecule has 1 aromatic rings. The summed E-state index contributed by atoms with van der Waals surface area (Å²) in [6.07, 6.45) is 3.61. The lowest BCUT2D eigenvalue weighted by atomic mass is 9.97. The van der Waals surface area contributed by atoms with Crippen molar-refractivity contribution in [2.75, 3.05) is 31.6 Å². The fourth-order valence-electron chi connectivity index (χ4n) is 2.80. The summed E-state index contributed by atoms with van der Waals surface area (Å²) in [5.41, 5.74) is 6.31. The van der Waals surface area contributed by atoms with Gasteiger partial charge in [0.25, 0.3) is 0 Å². The summed E-state index contributed by atoms with van der Waals surface area (Å²) in [4.78, 5) is 34.6. The Bertz CT molecular complexity index is 684. The fourth-order valence-corrected chi connectivity index (χ4v) is 3.61. The van der Waals surface area contributed by atoms with Crippen LogP contribution in [0.1, 0.15) is 25.0 Å². The Morgan fingerprint density at radius 2 is 2.12 bits per heavy atom. The van der Waals surface area contributed by atoms with Crippen LogP contribution in [0.15, 0.2) is 11.0 Å². The Balaban J connectivity index is 1.85. The molecule has 2 aliphatic rings. The molecule has 0 unspecified atom stereocenters. The molecule has 0 atom stereocenters. The van der Waals surface area contributed by atoms with E-state index in [9.17, 15) is 9.59 Å². The number of methoxy groups -OCH3 is 1. The highest BCUT2D eigenvalue weighted by molar-refractivity contribution is 8.18. The van der Waals surface area contributed by atoms with Gasteiger partial charge in [0.15, 0.2) is 5.78 Å². The molecule has 3 heterocycles. The minimum Gasteiger partial charge on any atom is -0.481 e. The van der Waals surface area contributed by atoms with Crippen LogP contribution in [0.2, 0.25) is 0 Å². The van der Waals surface area contributed by atoms with Crippen LogP contribution in [0.5, 0.6) is 5.88 Å². The molecule has 7 nitrogen and oxygen atoms in total. The Morgan fingerprint density at radius 1 is 1.38 bits per heavy atom. The predicted molar refractivity (Wildman–Crippen MR) is 92.8 cm³/mol. The summed E-state index contributed by atoms with van der Waals surface area (Å²) in [5.74, 6) is 1.41. The number of hydrogen-bond donors (Lipinski definition) is 1. The van der Waals surface area contributed by atoms with Crippen molar-refractivity contribution in [1.29, 1.82) is 0 Å². The zero-order valence-electron chi connectivity index (χ0n) is 13.5. The Morgan fingerprint density at radius 3 is 2.71 bits per heavy atom. The molecule has 0 aromatic carbocycles. The average Bonchev–Trinajstić information content (AvgIpc) is 2.91. The highest BCUT2D eigenvalue weighted by Gasteiger charge is 2.26. The first-order valence-corrected chi connectivity index (χ1v) is 8.74. The number of hydrogen-bond acceptors (Lipinski definition) is 8. The van der Waals surface area contributed by atoms with Gasteiger partial charge in [0.1, 0.15) is 0 Å². The second kappa shape index (κ2) is 7.31. The molecule has 24 heavy (non-hydrogen) atoms. The number of Topliss-reactive ketones (excluding diaryl/α,β-unsaturated/α-hetero) is 1. The number of piperidine rings is 1. The topological polar surface area (TPSA) is 98.4 Å². The van der Waals surface area contributed by atoms with Gasteiger partial charge in [-0.15, -0.1) is 0 Å². The van der Waals surface area contributed by atoms with E-state index in [-0.39, 0.29) is 17.3 Å². The number of rotatable bonds is 4. The number of thioether (sulfide) groups is 1. The first-order chi connectivity index (χ1) is 11.6. The minimum absolute atomic E-state index is 0.0435. The maximum atomic E-state index is 11.8. The molecule has 2 saturated heterocycles. The molecular formula is C16H20N4O3S. The smallest absolute Gasteiger partial charge is 0.229 e. The quantitative estimate of drug-likeness (QED) is 0.641. The predicted octanol–water partition coefficient (Wildman–Crippen LogP) is 1.23. The number of aromatic nitrogens is 2. The van der Waals surface area contributed by atoms with Gasteiger partial charge < -0.3 is 15.4 Å². The van der Waals surface area contributed by atoms with Crippen molar-refractivity contribution in [3.8, 4) is 5.88 Å². The number of nitrogens with zero attached hydrogens (tertiary/aromatic N) is 3. The van der Waals surface area contributed by atoms with Gasteiger partial charge in [0.05, 0.1) is 24.1 Å². The highest BCUT2D eigenvalue weighted by atomic mass is 32.2. The van der Waals surface area contributed by atoms with Crippen molar-refractivity contribution in [3.63, 3.8) is 0 Å². The summed E-state index contributed by atoms with van der Waals surface area (Å²) >= 11 is 0.971. The van der Waals surface area contributed by atoms with Crippen LogP contribution in [-0.4, -0.2) is 47.6 Å². The Hall–Kier alpha value is -1.93. The van der Waals surface area contributed by atoms with Crippen LogP contribution in [0.4, 0.5) is 5.95 Å². The van der Waals surface area contributed by atoms with Gasteiger partial charge in [-0.25, -0.2) is 4.98 Å². The van der Waals surface area contributed by atoms with Crippen LogP contribution in [-0.2, 0) is 9.59 Å². The maximum Gasteiger partial charge on any atom is 0.229 e. The Labute approximate surface area is 144 Å². The van der Waals surface area contributed by atoms with E-state index in [1.165, 1.54) is 0 Å². The lowest BCUT2D eigenvalue weighted by molar-refractivity contribution is -0.119. The third-order valence-electron chi connectivity index (χ3n) is 4.23. The molecule has 0 saturated carbocycles. The molecule has 2 N–H and O–H groups in total. The Kier molecular flexibility index (Phi) is 5.15. The molecule has 2 aliphatic heterocycles. The zero-order chi connectivity index (χ0) is 17.1. The first kappa shape index (κ1) is 16.9. The fraction of sp³-hybridized carbons (Fsp3) is 0.500. The van der Waals surface area contributed by atoms with Crippen LogP contribution < -0.4 is 15.4 Å². The molecular weight excluding hydrogens is 328 g/mol. The maximum absolute atomic E-state index is 11.8. The van der Waals surface area contributed by atoms with Crippen molar-refractivity contribution in [3.05, 3.63) is 16.7 Å². The van der Waals surface area contributed by atoms with E-state index in [0.29, 0.717) is 34.9 Å². The highest BCUT2D eigenvalue weighted by Crippen LogP contribution is 2.31. The standard InChI is InChI=1S/C16H20N4O3S/c1-23-14-7-11(6-13-12(21)8-15(22)24-13)18-16(19-14)20-4-2-10(9-17)3-5-20/h6-7,10H,2-5,8-9,17H2,1H3/b13-6-. The van der Waals surface area contributed by atoms with Crippen LogP contribution >= 0.6 is 11.8 Å². The minimum atomic E-state index is -0.159. The van der Waals surface area contributed by atoms with E-state index >= 15 is 0 Å². The van der Waals surface area contributed by atoms with Gasteiger partial charge in [0.2, 0.25) is 16.9 Å². The first-order valence-electron chi connectivity index (χ1n) is 7.92. The second-order valence-corrected chi connectivity index (χ2v) is 6.98. The summed E-state index contributed by atoms with van der Waals surface area (Å²) in [6, 6.07) is 1.67. The van der Waals surface area contributed by atoms with E-state index in [2.05, 4.69) is 14.9 Å². The molecule has 3 rings (SSSR count). The van der Waals surface area contributed by atoms with Crippen molar-refractivity contribution >= 4 is 34.7 Å². The van der Waals surface area contributed by atoms with Gasteiger partial charge >= 0.3 is 0 Å². The van der Waals surface area contributed by atoms with Gasteiger partial charge in [-0.05, 0) is 43.1 Å².